The predicted octanol–water partition coefficient (Wildman–Crippen LogP) is 4.15. The van der Waals surface area contributed by atoms with Crippen LogP contribution in [0.1, 0.15) is 43.2 Å². The van der Waals surface area contributed by atoms with E-state index in [1.165, 1.54) is 0 Å². The van der Waals surface area contributed by atoms with Crippen LogP contribution in [0.25, 0.3) is 0 Å². The van der Waals surface area contributed by atoms with Gasteiger partial charge in [0.1, 0.15) is 11.5 Å². The van der Waals surface area contributed by atoms with E-state index >= 15 is 0 Å². The zero-order chi connectivity index (χ0) is 28.6. The zero-order valence-corrected chi connectivity index (χ0v) is 21.7. The number of nitrogens with zero attached hydrogens (tertiary/aromatic N) is 4. The van der Waals surface area contributed by atoms with Gasteiger partial charge in [0, 0.05) is 6.42 Å². The van der Waals surface area contributed by atoms with E-state index in [2.05, 4.69) is 0 Å². The Kier molecular flexibility index (Phi) is 12.3. The molecule has 0 saturated carbocycles. The lowest BCUT2D eigenvalue weighted by molar-refractivity contribution is -0.147. The summed E-state index contributed by atoms with van der Waals surface area (Å²) in [4.78, 5) is 24.0. The topological polar surface area (TPSA) is 166 Å². The molecule has 0 N–H and O–H groups in total. The lowest BCUT2D eigenvalue weighted by Gasteiger charge is -2.15. The number of carbonyl (C=O) groups excluding carboxylic acids is 2. The largest absolute Gasteiger partial charge is 0.493 e. The Hall–Kier alpha value is -5.06. The van der Waals surface area contributed by atoms with Crippen molar-refractivity contribution in [3.05, 3.63) is 59.7 Å². The average molecular weight is 529 g/mol. The minimum Gasteiger partial charge on any atom is -0.493 e. The highest BCUT2D eigenvalue weighted by atomic mass is 16.5. The first-order chi connectivity index (χ1) is 18.9. The van der Waals surface area contributed by atoms with Crippen LogP contribution in [-0.4, -0.2) is 38.4 Å². The molecule has 0 saturated heterocycles. The zero-order valence-electron chi connectivity index (χ0n) is 21.7. The summed E-state index contributed by atoms with van der Waals surface area (Å²) >= 11 is 0. The van der Waals surface area contributed by atoms with Gasteiger partial charge in [0.05, 0.1) is 62.5 Å². The summed E-state index contributed by atoms with van der Waals surface area (Å²) < 4.78 is 21.2. The predicted molar refractivity (Wildman–Crippen MR) is 137 cm³/mol. The van der Waals surface area contributed by atoms with E-state index in [1.54, 1.807) is 62.4 Å². The van der Waals surface area contributed by atoms with Crippen molar-refractivity contribution >= 4 is 11.9 Å². The maximum atomic E-state index is 12.0. The third-order valence-electron chi connectivity index (χ3n) is 5.61. The number of benzene rings is 2. The molecule has 0 amide bonds. The number of hydrogen-bond donors (Lipinski definition) is 0. The van der Waals surface area contributed by atoms with E-state index in [0.717, 1.165) is 0 Å². The van der Waals surface area contributed by atoms with Crippen LogP contribution in [0.3, 0.4) is 0 Å². The molecule has 0 spiro atoms. The van der Waals surface area contributed by atoms with Gasteiger partial charge in [0.25, 0.3) is 0 Å². The van der Waals surface area contributed by atoms with Crippen LogP contribution in [0.2, 0.25) is 0 Å². The smallest absolute Gasteiger partial charge is 0.325 e. The lowest BCUT2D eigenvalue weighted by atomic mass is 9.88. The molecule has 0 aliphatic rings. The summed E-state index contributed by atoms with van der Waals surface area (Å²) in [7, 11) is 0. The highest BCUT2D eigenvalue weighted by Crippen LogP contribution is 2.28. The molecule has 10 nitrogen and oxygen atoms in total. The summed E-state index contributed by atoms with van der Waals surface area (Å²) in [6, 6.07) is 20.9. The van der Waals surface area contributed by atoms with E-state index in [4.69, 9.17) is 18.9 Å². The molecule has 4 unspecified atom stereocenters. The van der Waals surface area contributed by atoms with Gasteiger partial charge in [-0.2, -0.15) is 21.0 Å². The first-order valence-electron chi connectivity index (χ1n) is 12.3. The Morgan fingerprint density at radius 2 is 1.00 bits per heavy atom. The summed E-state index contributed by atoms with van der Waals surface area (Å²) in [6.45, 7) is 4.21. The quantitative estimate of drug-likeness (QED) is 0.257. The van der Waals surface area contributed by atoms with Gasteiger partial charge >= 0.3 is 11.9 Å². The van der Waals surface area contributed by atoms with Crippen LogP contribution in [0.5, 0.6) is 11.5 Å². The van der Waals surface area contributed by atoms with Gasteiger partial charge in [-0.25, -0.2) is 0 Å². The molecule has 200 valence electrons. The molecule has 0 bridgehead atoms. The number of esters is 2. The average Bonchev–Trinajstić information content (AvgIpc) is 2.95. The maximum absolute atomic E-state index is 12.0. The standard InChI is InChI=1S/C29H28N4O6/c1-3-36-28(34)26(18-32)24(16-30)20-6-10-22(11-7-20)38-14-5-15-39-23-12-8-21(9-13-23)25(17-31)27(19-33)29(35)37-4-2/h6-13,24-27H,3-5,14-15H2,1-2H3. The number of hydrogen-bond acceptors (Lipinski definition) is 10. The van der Waals surface area contributed by atoms with Crippen molar-refractivity contribution in [2.75, 3.05) is 26.4 Å². The molecule has 0 aliphatic carbocycles. The molecule has 0 aliphatic heterocycles. The Balaban J connectivity index is 1.86. The van der Waals surface area contributed by atoms with Crippen LogP contribution < -0.4 is 9.47 Å². The summed E-state index contributed by atoms with van der Waals surface area (Å²) in [5.41, 5.74) is 1.02. The van der Waals surface area contributed by atoms with E-state index in [1.807, 2.05) is 24.3 Å². The second-order valence-electron chi connectivity index (χ2n) is 8.12. The summed E-state index contributed by atoms with van der Waals surface area (Å²) in [6.07, 6.45) is 0.559. The molecule has 10 heteroatoms. The maximum Gasteiger partial charge on any atom is 0.325 e. The molecule has 0 aromatic heterocycles. The minimum absolute atomic E-state index is 0.124. The van der Waals surface area contributed by atoms with Crippen LogP contribution in [0, 0.1) is 57.2 Å². The summed E-state index contributed by atoms with van der Waals surface area (Å²) in [5.74, 6) is -4.69. The van der Waals surface area contributed by atoms with Gasteiger partial charge in [-0.05, 0) is 49.2 Å². The number of nitriles is 4. The lowest BCUT2D eigenvalue weighted by Crippen LogP contribution is -2.22. The normalized spacial score (nSPS) is 13.1. The summed E-state index contributed by atoms with van der Waals surface area (Å²) in [5, 5.41) is 37.6. The monoisotopic (exact) mass is 528 g/mol. The number of carbonyl (C=O) groups is 2. The Morgan fingerprint density at radius 3 is 1.28 bits per heavy atom. The van der Waals surface area contributed by atoms with Gasteiger partial charge in [0.15, 0.2) is 11.8 Å². The number of rotatable bonds is 14. The molecule has 2 rings (SSSR count). The molecule has 2 aromatic rings. The first-order valence-corrected chi connectivity index (χ1v) is 12.3. The van der Waals surface area contributed by atoms with E-state index < -0.39 is 35.6 Å². The van der Waals surface area contributed by atoms with E-state index in [-0.39, 0.29) is 13.2 Å². The second-order valence-corrected chi connectivity index (χ2v) is 8.12. The van der Waals surface area contributed by atoms with Crippen molar-refractivity contribution in [2.45, 2.75) is 32.1 Å². The Morgan fingerprint density at radius 1 is 0.641 bits per heavy atom. The molecule has 0 fully saturated rings. The van der Waals surface area contributed by atoms with Crippen LogP contribution in [-0.2, 0) is 19.1 Å². The van der Waals surface area contributed by atoms with Crippen molar-refractivity contribution in [3.63, 3.8) is 0 Å². The van der Waals surface area contributed by atoms with Crippen molar-refractivity contribution < 1.29 is 28.5 Å². The van der Waals surface area contributed by atoms with Gasteiger partial charge in [0.2, 0.25) is 0 Å². The second kappa shape index (κ2) is 15.9. The fourth-order valence-corrected chi connectivity index (χ4v) is 3.66. The highest BCUT2D eigenvalue weighted by molar-refractivity contribution is 5.77. The molecule has 0 radical (unpaired) electrons. The van der Waals surface area contributed by atoms with E-state index in [9.17, 15) is 30.6 Å². The molecular weight excluding hydrogens is 500 g/mol. The molecule has 2 aromatic carbocycles. The van der Waals surface area contributed by atoms with E-state index in [0.29, 0.717) is 42.3 Å². The van der Waals surface area contributed by atoms with Crippen molar-refractivity contribution in [2.24, 2.45) is 11.8 Å². The van der Waals surface area contributed by atoms with Crippen molar-refractivity contribution in [1.29, 1.82) is 21.0 Å². The van der Waals surface area contributed by atoms with Crippen LogP contribution in [0.15, 0.2) is 48.5 Å². The highest BCUT2D eigenvalue weighted by Gasteiger charge is 2.32. The third kappa shape index (κ3) is 8.49. The Bertz CT molecular complexity index is 1170. The first kappa shape index (κ1) is 30.2. The molecule has 4 atom stereocenters. The minimum atomic E-state index is -1.22. The van der Waals surface area contributed by atoms with Crippen LogP contribution in [0.4, 0.5) is 0 Å². The Labute approximate surface area is 227 Å². The number of ether oxygens (including phenoxy) is 4. The van der Waals surface area contributed by atoms with Crippen molar-refractivity contribution in [3.8, 4) is 35.8 Å². The van der Waals surface area contributed by atoms with Gasteiger partial charge in [-0.1, -0.05) is 24.3 Å². The van der Waals surface area contributed by atoms with Gasteiger partial charge in [-0.3, -0.25) is 9.59 Å². The van der Waals surface area contributed by atoms with Crippen molar-refractivity contribution in [1.82, 2.24) is 0 Å². The third-order valence-corrected chi connectivity index (χ3v) is 5.61. The van der Waals surface area contributed by atoms with Gasteiger partial charge < -0.3 is 18.9 Å². The fourth-order valence-electron chi connectivity index (χ4n) is 3.66. The van der Waals surface area contributed by atoms with Crippen LogP contribution >= 0.6 is 0 Å². The molecule has 39 heavy (non-hydrogen) atoms. The fraction of sp³-hybridized carbons (Fsp3) is 0.379. The molecule has 0 heterocycles. The SMILES string of the molecule is CCOC(=O)C(C#N)C(C#N)c1ccc(OCCCOc2ccc(C(C#N)C(C#N)C(=O)OCC)cc2)cc1. The molecular formula is C29H28N4O6. The van der Waals surface area contributed by atoms with Gasteiger partial charge in [-0.15, -0.1) is 0 Å².